The molecule has 0 radical (unpaired) electrons. The van der Waals surface area contributed by atoms with Crippen LogP contribution in [0.5, 0.6) is 0 Å². The average Bonchev–Trinajstić information content (AvgIpc) is 2.42. The van der Waals surface area contributed by atoms with E-state index in [1.165, 1.54) is 23.7 Å². The van der Waals surface area contributed by atoms with Crippen molar-refractivity contribution < 1.29 is 9.47 Å². The fraction of sp³-hybridized carbons (Fsp3) is 0.250. The van der Waals surface area contributed by atoms with Gasteiger partial charge in [0.05, 0.1) is 12.5 Å². The normalized spacial score (nSPS) is 24.7. The smallest absolute Gasteiger partial charge is 0.112 e. The first-order valence-corrected chi connectivity index (χ1v) is 6.06. The molecule has 94 valence electrons. The molecule has 0 atom stereocenters. The lowest BCUT2D eigenvalue weighted by molar-refractivity contribution is 0.281. The summed E-state index contributed by atoms with van der Waals surface area (Å²) in [6, 6.07) is 0. The van der Waals surface area contributed by atoms with Crippen LogP contribution in [-0.4, -0.2) is 13.2 Å². The molecule has 0 unspecified atom stereocenters. The molecule has 2 nitrogen and oxygen atoms in total. The van der Waals surface area contributed by atoms with Crippen LogP contribution in [0, 0.1) is 11.8 Å². The van der Waals surface area contributed by atoms with Gasteiger partial charge in [-0.15, -0.1) is 0 Å². The summed E-state index contributed by atoms with van der Waals surface area (Å²) in [7, 11) is 0. The molecule has 0 aromatic carbocycles. The van der Waals surface area contributed by atoms with Crippen LogP contribution >= 0.6 is 0 Å². The van der Waals surface area contributed by atoms with Crippen LogP contribution in [0.4, 0.5) is 0 Å². The summed E-state index contributed by atoms with van der Waals surface area (Å²) in [6.07, 6.45) is 16.1. The van der Waals surface area contributed by atoms with Crippen molar-refractivity contribution in [3.8, 4) is 0 Å². The van der Waals surface area contributed by atoms with Crippen molar-refractivity contribution in [2.75, 3.05) is 13.2 Å². The van der Waals surface area contributed by atoms with Gasteiger partial charge in [0.1, 0.15) is 13.2 Å². The van der Waals surface area contributed by atoms with Gasteiger partial charge < -0.3 is 9.47 Å². The molecule has 2 rings (SSSR count). The molecule has 0 bridgehead atoms. The molecule has 0 saturated carbocycles. The van der Waals surface area contributed by atoms with Gasteiger partial charge >= 0.3 is 0 Å². The van der Waals surface area contributed by atoms with Crippen LogP contribution < -0.4 is 0 Å². The topological polar surface area (TPSA) is 18.5 Å². The van der Waals surface area contributed by atoms with Crippen LogP contribution in [0.15, 0.2) is 73.3 Å². The van der Waals surface area contributed by atoms with Crippen molar-refractivity contribution in [3.05, 3.63) is 73.3 Å². The van der Waals surface area contributed by atoms with E-state index in [1.807, 2.05) is 0 Å². The summed E-state index contributed by atoms with van der Waals surface area (Å²) in [4.78, 5) is 0. The SMILES string of the molecule is C=COCC1=CC2C=C(COC=C)C=CC2C=C1. The highest BCUT2D eigenvalue weighted by atomic mass is 16.5. The molecule has 0 aliphatic heterocycles. The third kappa shape index (κ3) is 3.04. The molecule has 2 aliphatic carbocycles. The fourth-order valence-corrected chi connectivity index (χ4v) is 2.17. The quantitative estimate of drug-likeness (QED) is 0.663. The van der Waals surface area contributed by atoms with Crippen molar-refractivity contribution in [1.29, 1.82) is 0 Å². The number of hydrogen-bond donors (Lipinski definition) is 0. The summed E-state index contributed by atoms with van der Waals surface area (Å²) in [5.41, 5.74) is 2.37. The van der Waals surface area contributed by atoms with E-state index in [9.17, 15) is 0 Å². The van der Waals surface area contributed by atoms with Gasteiger partial charge in [-0.1, -0.05) is 49.6 Å². The maximum absolute atomic E-state index is 5.21. The number of rotatable bonds is 6. The van der Waals surface area contributed by atoms with Gasteiger partial charge in [-0.25, -0.2) is 0 Å². The second kappa shape index (κ2) is 6.10. The zero-order chi connectivity index (χ0) is 12.8. The fourth-order valence-electron chi connectivity index (χ4n) is 2.17. The summed E-state index contributed by atoms with van der Waals surface area (Å²) in [5, 5.41) is 0. The Morgan fingerprint density at radius 3 is 1.83 bits per heavy atom. The molecule has 0 saturated heterocycles. The molecule has 2 heteroatoms. The molecule has 0 aromatic rings. The first kappa shape index (κ1) is 12.5. The average molecular weight is 242 g/mol. The Labute approximate surface area is 108 Å². The number of allylic oxidation sites excluding steroid dienone is 4. The summed E-state index contributed by atoms with van der Waals surface area (Å²) in [5.74, 6) is 0.844. The van der Waals surface area contributed by atoms with Crippen molar-refractivity contribution >= 4 is 0 Å². The first-order valence-electron chi connectivity index (χ1n) is 6.06. The van der Waals surface area contributed by atoms with E-state index in [0.717, 1.165) is 0 Å². The molecule has 18 heavy (non-hydrogen) atoms. The lowest BCUT2D eigenvalue weighted by Gasteiger charge is -2.25. The van der Waals surface area contributed by atoms with Gasteiger partial charge in [0.25, 0.3) is 0 Å². The van der Waals surface area contributed by atoms with Gasteiger partial charge in [-0.05, 0) is 11.1 Å². The third-order valence-corrected chi connectivity index (χ3v) is 3.06. The van der Waals surface area contributed by atoms with E-state index in [1.54, 1.807) is 0 Å². The zero-order valence-electron chi connectivity index (χ0n) is 10.4. The van der Waals surface area contributed by atoms with Gasteiger partial charge in [-0.3, -0.25) is 0 Å². The van der Waals surface area contributed by atoms with Gasteiger partial charge in [0, 0.05) is 11.8 Å². The van der Waals surface area contributed by atoms with E-state index < -0.39 is 0 Å². The van der Waals surface area contributed by atoms with Crippen molar-refractivity contribution in [3.63, 3.8) is 0 Å². The Bertz CT molecular complexity index is 398. The predicted molar refractivity (Wildman–Crippen MR) is 73.7 cm³/mol. The van der Waals surface area contributed by atoms with Crippen LogP contribution in [0.1, 0.15) is 0 Å². The third-order valence-electron chi connectivity index (χ3n) is 3.06. The van der Waals surface area contributed by atoms with Gasteiger partial charge in [0.15, 0.2) is 0 Å². The molecular weight excluding hydrogens is 224 g/mol. The highest BCUT2D eigenvalue weighted by Crippen LogP contribution is 2.30. The van der Waals surface area contributed by atoms with E-state index in [2.05, 4.69) is 49.6 Å². The lowest BCUT2D eigenvalue weighted by Crippen LogP contribution is -2.15. The molecule has 0 spiro atoms. The molecule has 0 fully saturated rings. The van der Waals surface area contributed by atoms with Crippen molar-refractivity contribution in [1.82, 2.24) is 0 Å². The maximum Gasteiger partial charge on any atom is 0.112 e. The monoisotopic (exact) mass is 242 g/mol. The van der Waals surface area contributed by atoms with Crippen LogP contribution in [0.25, 0.3) is 0 Å². The number of hydrogen-bond acceptors (Lipinski definition) is 2. The Kier molecular flexibility index (Phi) is 4.24. The Balaban J connectivity index is 2.04. The lowest BCUT2D eigenvalue weighted by atomic mass is 9.81. The Morgan fingerprint density at radius 2 is 1.39 bits per heavy atom. The van der Waals surface area contributed by atoms with E-state index in [0.29, 0.717) is 25.0 Å². The number of fused-ring (bicyclic) bond motifs is 1. The minimum absolute atomic E-state index is 0.395. The minimum atomic E-state index is 0.395. The molecular formula is C16H18O2. The van der Waals surface area contributed by atoms with Crippen LogP contribution in [0.3, 0.4) is 0 Å². The number of ether oxygens (including phenoxy) is 2. The Morgan fingerprint density at radius 1 is 0.889 bits per heavy atom. The first-order chi connectivity index (χ1) is 8.83. The largest absolute Gasteiger partial charge is 0.497 e. The van der Waals surface area contributed by atoms with Crippen LogP contribution in [-0.2, 0) is 9.47 Å². The second-order valence-corrected chi connectivity index (χ2v) is 4.31. The summed E-state index contributed by atoms with van der Waals surface area (Å²) in [6.45, 7) is 8.26. The molecule has 0 N–H and O–H groups in total. The molecule has 2 aliphatic rings. The zero-order valence-corrected chi connectivity index (χ0v) is 10.4. The predicted octanol–water partition coefficient (Wildman–Crippen LogP) is 3.53. The summed E-state index contributed by atoms with van der Waals surface area (Å²) < 4.78 is 10.4. The van der Waals surface area contributed by atoms with Gasteiger partial charge in [-0.2, -0.15) is 0 Å². The van der Waals surface area contributed by atoms with E-state index in [4.69, 9.17) is 9.47 Å². The van der Waals surface area contributed by atoms with Crippen molar-refractivity contribution in [2.24, 2.45) is 11.8 Å². The summed E-state index contributed by atoms with van der Waals surface area (Å²) >= 11 is 0. The molecule has 0 amide bonds. The minimum Gasteiger partial charge on any atom is -0.497 e. The van der Waals surface area contributed by atoms with Gasteiger partial charge in [0.2, 0.25) is 0 Å². The van der Waals surface area contributed by atoms with E-state index in [-0.39, 0.29) is 0 Å². The molecule has 0 aromatic heterocycles. The second-order valence-electron chi connectivity index (χ2n) is 4.31. The van der Waals surface area contributed by atoms with Crippen LogP contribution in [0.2, 0.25) is 0 Å². The van der Waals surface area contributed by atoms with E-state index >= 15 is 0 Å². The highest BCUT2D eigenvalue weighted by Gasteiger charge is 2.20. The Hall–Kier alpha value is -1.96. The standard InChI is InChI=1S/C16H18O2/c1-3-17-11-13-5-7-15-8-6-14(12-18-4-2)10-16(15)9-13/h3-10,15-16H,1-2,11-12H2. The highest BCUT2D eigenvalue weighted by molar-refractivity contribution is 5.37. The maximum atomic E-state index is 5.21. The molecule has 0 heterocycles. The van der Waals surface area contributed by atoms with Crippen molar-refractivity contribution in [2.45, 2.75) is 0 Å².